The maximum atomic E-state index is 5.97. The topological polar surface area (TPSA) is 63.8 Å². The van der Waals surface area contributed by atoms with E-state index in [9.17, 15) is 0 Å². The minimum absolute atomic E-state index is 0.244. The summed E-state index contributed by atoms with van der Waals surface area (Å²) in [4.78, 5) is 4.10. The first-order valence-corrected chi connectivity index (χ1v) is 7.32. The molecule has 0 saturated carbocycles. The van der Waals surface area contributed by atoms with Crippen molar-refractivity contribution in [3.8, 4) is 22.9 Å². The van der Waals surface area contributed by atoms with Crippen LogP contribution in [0.25, 0.3) is 22.9 Å². The van der Waals surface area contributed by atoms with Gasteiger partial charge in [0.15, 0.2) is 0 Å². The summed E-state index contributed by atoms with van der Waals surface area (Å²) in [7, 11) is 0. The molecule has 0 amide bonds. The van der Waals surface area contributed by atoms with E-state index >= 15 is 0 Å². The molecule has 0 unspecified atom stereocenters. The zero-order valence-corrected chi connectivity index (χ0v) is 13.0. The van der Waals surface area contributed by atoms with Gasteiger partial charge in [0.25, 0.3) is 5.89 Å². The monoisotopic (exact) mass is 314 g/mol. The molecule has 0 atom stereocenters. The van der Waals surface area contributed by atoms with E-state index in [2.05, 4.69) is 20.5 Å². The summed E-state index contributed by atoms with van der Waals surface area (Å²) >= 11 is 5.97. The highest BCUT2D eigenvalue weighted by Gasteiger charge is 2.15. The van der Waals surface area contributed by atoms with Crippen LogP contribution in [-0.4, -0.2) is 21.2 Å². The average molecular weight is 315 g/mol. The number of nitrogens with zero attached hydrogens (tertiary/aromatic N) is 3. The molecule has 0 spiro atoms. The van der Waals surface area contributed by atoms with E-state index < -0.39 is 0 Å². The summed E-state index contributed by atoms with van der Waals surface area (Å²) in [5.41, 5.74) is 2.42. The number of hydrogen-bond acceptors (Lipinski definition) is 5. The summed E-state index contributed by atoms with van der Waals surface area (Å²) in [5.74, 6) is 0.882. The Kier molecular flexibility index (Phi) is 4.06. The molecule has 0 saturated heterocycles. The molecule has 22 heavy (non-hydrogen) atoms. The lowest BCUT2D eigenvalue weighted by atomic mass is 10.2. The predicted molar refractivity (Wildman–Crippen MR) is 86.7 cm³/mol. The number of pyridine rings is 1. The van der Waals surface area contributed by atoms with Gasteiger partial charge in [-0.05, 0) is 32.0 Å². The standard InChI is InChI=1S/C16H15ClN4O/c1-10(2)19-13-8-14(17)18-9-12(13)16-21-20-15(22-16)11-6-4-3-5-7-11/h3-10H,1-2H3,(H,18,19). The second kappa shape index (κ2) is 6.15. The van der Waals surface area contributed by atoms with Crippen molar-refractivity contribution in [2.75, 3.05) is 5.32 Å². The van der Waals surface area contributed by atoms with Gasteiger partial charge in [0.2, 0.25) is 5.89 Å². The van der Waals surface area contributed by atoms with Gasteiger partial charge < -0.3 is 9.73 Å². The van der Waals surface area contributed by atoms with Crippen LogP contribution in [0.1, 0.15) is 13.8 Å². The van der Waals surface area contributed by atoms with Crippen LogP contribution in [0.15, 0.2) is 47.0 Å². The lowest BCUT2D eigenvalue weighted by Gasteiger charge is -2.12. The third kappa shape index (κ3) is 3.09. The van der Waals surface area contributed by atoms with Gasteiger partial charge in [-0.3, -0.25) is 0 Å². The lowest BCUT2D eigenvalue weighted by molar-refractivity contribution is 0.584. The molecular weight excluding hydrogens is 300 g/mol. The van der Waals surface area contributed by atoms with Crippen molar-refractivity contribution in [1.82, 2.24) is 15.2 Å². The first kappa shape index (κ1) is 14.5. The van der Waals surface area contributed by atoms with E-state index in [1.165, 1.54) is 0 Å². The third-order valence-electron chi connectivity index (χ3n) is 2.99. The quantitative estimate of drug-likeness (QED) is 0.728. The Morgan fingerprint density at radius 1 is 1.09 bits per heavy atom. The molecular formula is C16H15ClN4O. The van der Waals surface area contributed by atoms with Gasteiger partial charge in [0, 0.05) is 17.8 Å². The Morgan fingerprint density at radius 2 is 1.82 bits per heavy atom. The van der Waals surface area contributed by atoms with Gasteiger partial charge >= 0.3 is 0 Å². The molecule has 0 aliphatic carbocycles. The number of benzene rings is 1. The lowest BCUT2D eigenvalue weighted by Crippen LogP contribution is -2.10. The van der Waals surface area contributed by atoms with E-state index in [1.54, 1.807) is 12.3 Å². The number of rotatable bonds is 4. The van der Waals surface area contributed by atoms with Crippen molar-refractivity contribution in [2.45, 2.75) is 19.9 Å². The summed E-state index contributed by atoms with van der Waals surface area (Å²) < 4.78 is 5.77. The van der Waals surface area contributed by atoms with Crippen LogP contribution in [0.3, 0.4) is 0 Å². The third-order valence-corrected chi connectivity index (χ3v) is 3.20. The Labute approximate surface area is 133 Å². The van der Waals surface area contributed by atoms with Gasteiger partial charge in [-0.25, -0.2) is 4.98 Å². The molecule has 1 aromatic carbocycles. The molecule has 3 rings (SSSR count). The first-order chi connectivity index (χ1) is 10.6. The van der Waals surface area contributed by atoms with E-state index in [-0.39, 0.29) is 6.04 Å². The summed E-state index contributed by atoms with van der Waals surface area (Å²) in [5, 5.41) is 11.9. The van der Waals surface area contributed by atoms with Crippen LogP contribution in [-0.2, 0) is 0 Å². The molecule has 5 nitrogen and oxygen atoms in total. The second-order valence-corrected chi connectivity index (χ2v) is 5.52. The molecule has 0 aliphatic heterocycles. The Bertz CT molecular complexity index is 771. The fourth-order valence-corrected chi connectivity index (χ4v) is 2.22. The summed E-state index contributed by atoms with van der Waals surface area (Å²) in [6.45, 7) is 4.09. The van der Waals surface area contributed by atoms with Gasteiger partial charge in [-0.2, -0.15) is 0 Å². The van der Waals surface area contributed by atoms with Crippen molar-refractivity contribution < 1.29 is 4.42 Å². The van der Waals surface area contributed by atoms with E-state index in [0.717, 1.165) is 16.8 Å². The maximum absolute atomic E-state index is 5.97. The molecule has 0 bridgehead atoms. The maximum Gasteiger partial charge on any atom is 0.251 e. The van der Waals surface area contributed by atoms with Crippen molar-refractivity contribution >= 4 is 17.3 Å². The second-order valence-electron chi connectivity index (χ2n) is 5.13. The van der Waals surface area contributed by atoms with E-state index in [1.807, 2.05) is 44.2 Å². The molecule has 2 heterocycles. The van der Waals surface area contributed by atoms with Crippen LogP contribution < -0.4 is 5.32 Å². The van der Waals surface area contributed by atoms with Gasteiger partial charge in [0.05, 0.1) is 11.3 Å². The van der Waals surface area contributed by atoms with Crippen LogP contribution in [0.4, 0.5) is 5.69 Å². The number of halogens is 1. The number of hydrogen-bond donors (Lipinski definition) is 1. The van der Waals surface area contributed by atoms with Crippen molar-refractivity contribution in [3.05, 3.63) is 47.7 Å². The Balaban J connectivity index is 2.00. The van der Waals surface area contributed by atoms with E-state index in [0.29, 0.717) is 16.9 Å². The Morgan fingerprint density at radius 3 is 2.55 bits per heavy atom. The van der Waals surface area contributed by atoms with E-state index in [4.69, 9.17) is 16.0 Å². The number of aromatic nitrogens is 3. The van der Waals surface area contributed by atoms with Crippen LogP contribution in [0, 0.1) is 0 Å². The molecule has 0 radical (unpaired) electrons. The molecule has 6 heteroatoms. The first-order valence-electron chi connectivity index (χ1n) is 6.95. The smallest absolute Gasteiger partial charge is 0.251 e. The van der Waals surface area contributed by atoms with Crippen LogP contribution in [0.2, 0.25) is 5.15 Å². The van der Waals surface area contributed by atoms with Crippen molar-refractivity contribution in [3.63, 3.8) is 0 Å². The van der Waals surface area contributed by atoms with Crippen LogP contribution in [0.5, 0.6) is 0 Å². The average Bonchev–Trinajstić information content (AvgIpc) is 2.97. The van der Waals surface area contributed by atoms with Crippen molar-refractivity contribution in [1.29, 1.82) is 0 Å². The Hall–Kier alpha value is -2.40. The molecule has 2 aromatic heterocycles. The highest BCUT2D eigenvalue weighted by Crippen LogP contribution is 2.30. The minimum Gasteiger partial charge on any atom is -0.416 e. The molecule has 112 valence electrons. The molecule has 0 fully saturated rings. The fourth-order valence-electron chi connectivity index (χ4n) is 2.06. The van der Waals surface area contributed by atoms with Gasteiger partial charge in [-0.1, -0.05) is 29.8 Å². The normalized spacial score (nSPS) is 10.9. The van der Waals surface area contributed by atoms with Crippen LogP contribution >= 0.6 is 11.6 Å². The summed E-state index contributed by atoms with van der Waals surface area (Å²) in [6, 6.07) is 11.6. The van der Waals surface area contributed by atoms with Crippen molar-refractivity contribution in [2.24, 2.45) is 0 Å². The molecule has 3 aromatic rings. The van der Waals surface area contributed by atoms with Gasteiger partial charge in [0.1, 0.15) is 5.15 Å². The molecule has 1 N–H and O–H groups in total. The zero-order chi connectivity index (χ0) is 15.5. The number of nitrogens with one attached hydrogen (secondary N) is 1. The number of anilines is 1. The highest BCUT2D eigenvalue weighted by atomic mass is 35.5. The SMILES string of the molecule is CC(C)Nc1cc(Cl)ncc1-c1nnc(-c2ccccc2)o1. The summed E-state index contributed by atoms with van der Waals surface area (Å²) in [6.07, 6.45) is 1.63. The largest absolute Gasteiger partial charge is 0.416 e. The molecule has 0 aliphatic rings. The fraction of sp³-hybridized carbons (Fsp3) is 0.188. The zero-order valence-electron chi connectivity index (χ0n) is 12.2. The minimum atomic E-state index is 0.244. The van der Waals surface area contributed by atoms with Gasteiger partial charge in [-0.15, -0.1) is 10.2 Å². The predicted octanol–water partition coefficient (Wildman–Crippen LogP) is 4.27. The highest BCUT2D eigenvalue weighted by molar-refractivity contribution is 6.29.